The van der Waals surface area contributed by atoms with E-state index in [1.807, 2.05) is 42.5 Å². The average Bonchev–Trinajstić information content (AvgIpc) is 2.38. The molecule has 90 valence electrons. The van der Waals surface area contributed by atoms with Crippen LogP contribution >= 0.6 is 0 Å². The molecule has 0 radical (unpaired) electrons. The molecule has 1 rings (SSSR count). The van der Waals surface area contributed by atoms with Gasteiger partial charge in [0, 0.05) is 0 Å². The molecule has 0 aromatic heterocycles. The first kappa shape index (κ1) is 14.0. The Labute approximate surface area is 112 Å². The van der Waals surface area contributed by atoms with Gasteiger partial charge in [-0.1, -0.05) is 0 Å². The fraction of sp³-hybridized carbons (Fsp3) is 0.154. The van der Waals surface area contributed by atoms with Crippen molar-refractivity contribution in [1.82, 2.24) is 0 Å². The number of hydrogen-bond donors (Lipinski definition) is 1. The number of carbonyl (C=O) groups is 1. The number of Topliss-reactive ketones (excluding diaryl/α,β-unsaturated/α-hetero) is 1. The third-order valence-electron chi connectivity index (χ3n) is 1.90. The summed E-state index contributed by atoms with van der Waals surface area (Å²) >= 11 is -0.234. The second-order valence-corrected chi connectivity index (χ2v) is 5.48. The Morgan fingerprint density at radius 3 is 2.39 bits per heavy atom. The van der Waals surface area contributed by atoms with Gasteiger partial charge in [0.2, 0.25) is 0 Å². The van der Waals surface area contributed by atoms with Gasteiger partial charge in [0.15, 0.2) is 0 Å². The Kier molecular flexibility index (Phi) is 5.67. The summed E-state index contributed by atoms with van der Waals surface area (Å²) in [5.41, 5.74) is 0.848. The van der Waals surface area contributed by atoms with E-state index in [1.54, 1.807) is 0 Å². The molecular formula is C13H11N3OSe. The Hall–Kier alpha value is -2.07. The van der Waals surface area contributed by atoms with Crippen LogP contribution in [0.25, 0.3) is 0 Å². The molecule has 0 fully saturated rings. The number of nitrogens with one attached hydrogen (secondary N) is 1. The summed E-state index contributed by atoms with van der Waals surface area (Å²) < 4.78 is 0.550. The van der Waals surface area contributed by atoms with Crippen molar-refractivity contribution in [2.45, 2.75) is 12.2 Å². The van der Waals surface area contributed by atoms with Crippen molar-refractivity contribution in [3.63, 3.8) is 0 Å². The molecule has 0 amide bonds. The Balaban J connectivity index is 2.93. The van der Waals surface area contributed by atoms with Crippen LogP contribution in [-0.2, 0) is 4.79 Å². The van der Waals surface area contributed by atoms with Crippen molar-refractivity contribution >= 4 is 26.4 Å². The van der Waals surface area contributed by atoms with Gasteiger partial charge in [-0.25, -0.2) is 0 Å². The van der Waals surface area contributed by atoms with E-state index in [1.165, 1.54) is 6.92 Å². The van der Waals surface area contributed by atoms with Gasteiger partial charge in [0.1, 0.15) is 0 Å². The predicted octanol–water partition coefficient (Wildman–Crippen LogP) is 2.07. The quantitative estimate of drug-likeness (QED) is 0.667. The van der Waals surface area contributed by atoms with E-state index in [4.69, 9.17) is 10.5 Å². The molecule has 18 heavy (non-hydrogen) atoms. The summed E-state index contributed by atoms with van der Waals surface area (Å²) in [5.74, 6) is 0.0533. The summed E-state index contributed by atoms with van der Waals surface area (Å²) in [6.07, 6.45) is 0. The van der Waals surface area contributed by atoms with E-state index < -0.39 is 0 Å². The molecule has 0 saturated heterocycles. The van der Waals surface area contributed by atoms with Gasteiger partial charge in [-0.15, -0.1) is 0 Å². The van der Waals surface area contributed by atoms with Crippen molar-refractivity contribution in [3.05, 3.63) is 40.5 Å². The second kappa shape index (κ2) is 7.29. The number of nitriles is 2. The maximum atomic E-state index is 11.0. The standard InChI is InChI=1S/C13H11N3OSe/c1-10(17)9-18-13(11(7-14)8-15)16-12-5-3-2-4-6-12/h2-6,16H,9H2,1H3. The zero-order valence-corrected chi connectivity index (χ0v) is 11.5. The fourth-order valence-corrected chi connectivity index (χ4v) is 2.75. The average molecular weight is 304 g/mol. The van der Waals surface area contributed by atoms with E-state index in [0.717, 1.165) is 5.69 Å². The molecule has 5 heteroatoms. The summed E-state index contributed by atoms with van der Waals surface area (Å²) in [7, 11) is 0. The molecule has 0 spiro atoms. The van der Waals surface area contributed by atoms with Crippen molar-refractivity contribution in [2.75, 3.05) is 5.32 Å². The number of ketones is 1. The molecule has 0 unspecified atom stereocenters. The summed E-state index contributed by atoms with van der Waals surface area (Å²) in [6.45, 7) is 1.50. The fourth-order valence-electron chi connectivity index (χ4n) is 1.12. The number of rotatable bonds is 5. The first-order chi connectivity index (χ1) is 8.67. The Morgan fingerprint density at radius 2 is 1.89 bits per heavy atom. The van der Waals surface area contributed by atoms with E-state index in [0.29, 0.717) is 9.91 Å². The number of nitrogens with zero attached hydrogens (tertiary/aromatic N) is 2. The van der Waals surface area contributed by atoms with Crippen molar-refractivity contribution < 1.29 is 4.79 Å². The molecule has 1 N–H and O–H groups in total. The van der Waals surface area contributed by atoms with E-state index in [-0.39, 0.29) is 26.3 Å². The van der Waals surface area contributed by atoms with Crippen molar-refractivity contribution in [3.8, 4) is 12.1 Å². The first-order valence-electron chi connectivity index (χ1n) is 5.16. The predicted molar refractivity (Wildman–Crippen MR) is 69.6 cm³/mol. The normalized spacial score (nSPS) is 8.83. The molecule has 0 atom stereocenters. The Morgan fingerprint density at radius 1 is 1.28 bits per heavy atom. The molecule has 1 aromatic rings. The van der Waals surface area contributed by atoms with Crippen LogP contribution in [0.2, 0.25) is 5.32 Å². The number of para-hydroxylation sites is 1. The number of benzene rings is 1. The maximum absolute atomic E-state index is 11.0. The first-order valence-corrected chi connectivity index (χ1v) is 7.23. The van der Waals surface area contributed by atoms with Gasteiger partial charge in [0.25, 0.3) is 0 Å². The van der Waals surface area contributed by atoms with E-state index in [9.17, 15) is 4.79 Å². The van der Waals surface area contributed by atoms with Crippen LogP contribution in [0.4, 0.5) is 5.69 Å². The molecule has 4 nitrogen and oxygen atoms in total. The zero-order valence-electron chi connectivity index (χ0n) is 9.80. The number of allylic oxidation sites excluding steroid dienone is 1. The second-order valence-electron chi connectivity index (χ2n) is 3.41. The molecule has 0 aliphatic heterocycles. The minimum absolute atomic E-state index is 0.0418. The van der Waals surface area contributed by atoms with Gasteiger partial charge in [-0.05, 0) is 0 Å². The van der Waals surface area contributed by atoms with Crippen LogP contribution < -0.4 is 5.32 Å². The van der Waals surface area contributed by atoms with Crippen LogP contribution in [0, 0.1) is 22.7 Å². The third kappa shape index (κ3) is 4.43. The van der Waals surface area contributed by atoms with E-state index >= 15 is 0 Å². The topological polar surface area (TPSA) is 76.7 Å². The summed E-state index contributed by atoms with van der Waals surface area (Å²) in [6, 6.07) is 13.0. The van der Waals surface area contributed by atoms with Gasteiger partial charge in [0.05, 0.1) is 0 Å². The molecule has 0 saturated carbocycles. The van der Waals surface area contributed by atoms with Gasteiger partial charge >= 0.3 is 112 Å². The van der Waals surface area contributed by atoms with Crippen molar-refractivity contribution in [2.24, 2.45) is 0 Å². The molecule has 0 bridgehead atoms. The minimum atomic E-state index is -0.234. The monoisotopic (exact) mass is 305 g/mol. The van der Waals surface area contributed by atoms with Gasteiger partial charge in [-0.3, -0.25) is 0 Å². The SMILES string of the molecule is CC(=O)C[Se]C(Nc1ccccc1)=C(C#N)C#N. The summed E-state index contributed by atoms with van der Waals surface area (Å²) in [4.78, 5) is 11.0. The van der Waals surface area contributed by atoms with Crippen LogP contribution in [-0.4, -0.2) is 20.7 Å². The molecule has 0 heterocycles. The molecule has 0 aliphatic rings. The third-order valence-corrected chi connectivity index (χ3v) is 4.31. The summed E-state index contributed by atoms with van der Waals surface area (Å²) in [5, 5.41) is 21.2. The van der Waals surface area contributed by atoms with Crippen molar-refractivity contribution in [1.29, 1.82) is 10.5 Å². The molecule has 0 aliphatic carbocycles. The number of carbonyl (C=O) groups excluding carboxylic acids is 1. The molecular weight excluding hydrogens is 293 g/mol. The Bertz CT molecular complexity index is 522. The van der Waals surface area contributed by atoms with Gasteiger partial charge in [-0.2, -0.15) is 0 Å². The van der Waals surface area contributed by atoms with Crippen LogP contribution in [0.15, 0.2) is 40.5 Å². The van der Waals surface area contributed by atoms with E-state index in [2.05, 4.69) is 5.32 Å². The van der Waals surface area contributed by atoms with Crippen LogP contribution in [0.5, 0.6) is 0 Å². The zero-order chi connectivity index (χ0) is 13.4. The van der Waals surface area contributed by atoms with Gasteiger partial charge < -0.3 is 0 Å². The number of anilines is 1. The molecule has 1 aromatic carbocycles. The van der Waals surface area contributed by atoms with Crippen LogP contribution in [0.3, 0.4) is 0 Å². The van der Waals surface area contributed by atoms with Crippen LogP contribution in [0.1, 0.15) is 6.92 Å². The number of hydrogen-bond acceptors (Lipinski definition) is 4.